The molecule has 0 saturated carbocycles. The van der Waals surface area contributed by atoms with Crippen molar-refractivity contribution in [2.75, 3.05) is 18.1 Å². The molecule has 0 aliphatic heterocycles. The summed E-state index contributed by atoms with van der Waals surface area (Å²) in [5.41, 5.74) is 0. The Balaban J connectivity index is 3.93. The van der Waals surface area contributed by atoms with Crippen molar-refractivity contribution in [3.8, 4) is 0 Å². The minimum absolute atomic E-state index is 0.197. The van der Waals surface area contributed by atoms with Crippen LogP contribution in [-0.4, -0.2) is 46.1 Å². The summed E-state index contributed by atoms with van der Waals surface area (Å²) in [5.74, 6) is 1.57. The Labute approximate surface area is 97.2 Å². The summed E-state index contributed by atoms with van der Waals surface area (Å²) in [4.78, 5) is 13.7. The third-order valence-electron chi connectivity index (χ3n) is 2.07. The molecule has 0 radical (unpaired) electrons. The number of aliphatic hydroxyl groups is 1. The molecule has 0 aromatic heterocycles. The minimum Gasteiger partial charge on any atom is -0.396 e. The average Bonchev–Trinajstić information content (AvgIpc) is 2.11. The molecule has 0 spiro atoms. The molecule has 90 valence electrons. The molecule has 0 aliphatic carbocycles. The van der Waals surface area contributed by atoms with Gasteiger partial charge in [-0.25, -0.2) is 0 Å². The first-order valence-electron chi connectivity index (χ1n) is 5.50. The number of hydrogen-bond acceptors (Lipinski definition) is 3. The summed E-state index contributed by atoms with van der Waals surface area (Å²) in [6.45, 7) is 8.36. The van der Waals surface area contributed by atoms with E-state index in [-0.39, 0.29) is 24.6 Å². The monoisotopic (exact) mass is 233 g/mol. The first kappa shape index (κ1) is 14.8. The van der Waals surface area contributed by atoms with Crippen LogP contribution in [-0.2, 0) is 4.79 Å². The van der Waals surface area contributed by atoms with E-state index in [0.717, 1.165) is 12.2 Å². The molecule has 1 amide bonds. The van der Waals surface area contributed by atoms with Crippen molar-refractivity contribution in [2.45, 2.75) is 46.2 Å². The van der Waals surface area contributed by atoms with Gasteiger partial charge in [0.2, 0.25) is 5.91 Å². The van der Waals surface area contributed by atoms with E-state index < -0.39 is 0 Å². The molecule has 0 aliphatic rings. The maximum atomic E-state index is 11.8. The van der Waals surface area contributed by atoms with Crippen LogP contribution < -0.4 is 0 Å². The summed E-state index contributed by atoms with van der Waals surface area (Å²) >= 11 is 1.60. The maximum Gasteiger partial charge on any atom is 0.233 e. The lowest BCUT2D eigenvalue weighted by Gasteiger charge is -2.30. The summed E-state index contributed by atoms with van der Waals surface area (Å²) in [5, 5.41) is 8.61. The second kappa shape index (κ2) is 7.99. The van der Waals surface area contributed by atoms with E-state index in [1.807, 2.05) is 32.6 Å². The Bertz CT molecular complexity index is 175. The number of rotatable bonds is 7. The lowest BCUT2D eigenvalue weighted by Crippen LogP contribution is -2.43. The van der Waals surface area contributed by atoms with E-state index in [1.54, 1.807) is 11.8 Å². The third-order valence-corrected chi connectivity index (χ3v) is 3.10. The van der Waals surface area contributed by atoms with Gasteiger partial charge in [-0.3, -0.25) is 4.79 Å². The van der Waals surface area contributed by atoms with Crippen LogP contribution >= 0.6 is 11.8 Å². The lowest BCUT2D eigenvalue weighted by atomic mass is 10.2. The first-order chi connectivity index (χ1) is 7.00. The van der Waals surface area contributed by atoms with Gasteiger partial charge in [0.1, 0.15) is 0 Å². The number of nitrogens with zero attached hydrogens (tertiary/aromatic N) is 1. The fraction of sp³-hybridized carbons (Fsp3) is 0.909. The van der Waals surface area contributed by atoms with Crippen LogP contribution in [0.2, 0.25) is 0 Å². The molecule has 0 rings (SSSR count). The van der Waals surface area contributed by atoms with Crippen LogP contribution in [0, 0.1) is 0 Å². The summed E-state index contributed by atoms with van der Waals surface area (Å²) in [6, 6.07) is 0.520. The number of carbonyl (C=O) groups excluding carboxylic acids is 1. The van der Waals surface area contributed by atoms with Gasteiger partial charge < -0.3 is 10.0 Å². The van der Waals surface area contributed by atoms with Crippen molar-refractivity contribution < 1.29 is 9.90 Å². The van der Waals surface area contributed by atoms with Crippen molar-refractivity contribution in [2.24, 2.45) is 0 Å². The largest absolute Gasteiger partial charge is 0.396 e. The van der Waals surface area contributed by atoms with Gasteiger partial charge in [0.15, 0.2) is 0 Å². The van der Waals surface area contributed by atoms with Crippen LogP contribution in [0.25, 0.3) is 0 Å². The highest BCUT2D eigenvalue weighted by Gasteiger charge is 2.19. The third kappa shape index (κ3) is 6.05. The van der Waals surface area contributed by atoms with E-state index in [4.69, 9.17) is 5.11 Å². The average molecular weight is 233 g/mol. The van der Waals surface area contributed by atoms with Crippen molar-refractivity contribution in [3.05, 3.63) is 0 Å². The molecule has 0 fully saturated rings. The Morgan fingerprint density at radius 3 is 2.20 bits per heavy atom. The molecule has 0 aromatic rings. The van der Waals surface area contributed by atoms with Gasteiger partial charge >= 0.3 is 0 Å². The maximum absolute atomic E-state index is 11.8. The van der Waals surface area contributed by atoms with Gasteiger partial charge in [0.25, 0.3) is 0 Å². The Kier molecular flexibility index (Phi) is 7.88. The molecule has 1 N–H and O–H groups in total. The molecule has 15 heavy (non-hydrogen) atoms. The topological polar surface area (TPSA) is 40.5 Å². The van der Waals surface area contributed by atoms with Gasteiger partial charge in [0, 0.05) is 18.7 Å². The van der Waals surface area contributed by atoms with Crippen LogP contribution in [0.1, 0.15) is 34.1 Å². The summed E-state index contributed by atoms with van der Waals surface area (Å²) in [7, 11) is 0. The molecule has 0 atom stereocenters. The predicted molar refractivity (Wildman–Crippen MR) is 66.1 cm³/mol. The van der Waals surface area contributed by atoms with Gasteiger partial charge in [-0.2, -0.15) is 11.8 Å². The van der Waals surface area contributed by atoms with E-state index in [2.05, 4.69) is 0 Å². The molecule has 3 nitrogen and oxygen atoms in total. The van der Waals surface area contributed by atoms with Gasteiger partial charge in [0.05, 0.1) is 5.75 Å². The summed E-state index contributed by atoms with van der Waals surface area (Å²) in [6.07, 6.45) is 0.765. The van der Waals surface area contributed by atoms with Crippen LogP contribution in [0.15, 0.2) is 0 Å². The predicted octanol–water partition coefficient (Wildman–Crippen LogP) is 1.75. The number of aliphatic hydroxyl groups excluding tert-OH is 1. The molecule has 0 heterocycles. The molecular weight excluding hydrogens is 210 g/mol. The number of thioether (sulfide) groups is 1. The minimum atomic E-state index is 0.197. The van der Waals surface area contributed by atoms with E-state index in [0.29, 0.717) is 5.75 Å². The molecule has 0 aromatic carbocycles. The molecule has 0 saturated heterocycles. The van der Waals surface area contributed by atoms with Crippen LogP contribution in [0.4, 0.5) is 0 Å². The van der Waals surface area contributed by atoms with Crippen molar-refractivity contribution in [3.63, 3.8) is 0 Å². The Morgan fingerprint density at radius 2 is 1.80 bits per heavy atom. The smallest absolute Gasteiger partial charge is 0.233 e. The zero-order valence-electron chi connectivity index (χ0n) is 10.2. The first-order valence-corrected chi connectivity index (χ1v) is 6.66. The number of hydrogen-bond donors (Lipinski definition) is 1. The van der Waals surface area contributed by atoms with E-state index in [1.165, 1.54) is 0 Å². The van der Waals surface area contributed by atoms with Crippen molar-refractivity contribution >= 4 is 17.7 Å². The second-order valence-corrected chi connectivity index (χ2v) is 5.22. The van der Waals surface area contributed by atoms with E-state index in [9.17, 15) is 4.79 Å². The van der Waals surface area contributed by atoms with Crippen molar-refractivity contribution in [1.82, 2.24) is 4.90 Å². The van der Waals surface area contributed by atoms with Gasteiger partial charge in [-0.1, -0.05) is 0 Å². The van der Waals surface area contributed by atoms with Crippen molar-refractivity contribution in [1.29, 1.82) is 0 Å². The highest BCUT2D eigenvalue weighted by Crippen LogP contribution is 2.10. The molecule has 0 bridgehead atoms. The fourth-order valence-corrected chi connectivity index (χ4v) is 2.37. The zero-order valence-corrected chi connectivity index (χ0v) is 11.0. The molecule has 4 heteroatoms. The van der Waals surface area contributed by atoms with Crippen LogP contribution in [0.3, 0.4) is 0 Å². The molecule has 0 unspecified atom stereocenters. The lowest BCUT2D eigenvalue weighted by molar-refractivity contribution is -0.131. The van der Waals surface area contributed by atoms with Gasteiger partial charge in [-0.05, 0) is 39.9 Å². The quantitative estimate of drug-likeness (QED) is 0.681. The van der Waals surface area contributed by atoms with Gasteiger partial charge in [-0.15, -0.1) is 0 Å². The van der Waals surface area contributed by atoms with E-state index >= 15 is 0 Å². The highest BCUT2D eigenvalue weighted by atomic mass is 32.2. The highest BCUT2D eigenvalue weighted by molar-refractivity contribution is 7.99. The number of carbonyl (C=O) groups is 1. The zero-order chi connectivity index (χ0) is 11.8. The number of amides is 1. The second-order valence-electron chi connectivity index (χ2n) is 4.12. The Morgan fingerprint density at radius 1 is 1.27 bits per heavy atom. The normalized spacial score (nSPS) is 11.1. The SMILES string of the molecule is CC(C)N(C(=O)CSCCCO)C(C)C. The summed E-state index contributed by atoms with van der Waals surface area (Å²) < 4.78 is 0. The Hall–Kier alpha value is -0.220. The fourth-order valence-electron chi connectivity index (χ4n) is 1.57. The standard InChI is InChI=1S/C11H23NO2S/c1-9(2)12(10(3)4)11(14)8-15-7-5-6-13/h9-10,13H,5-8H2,1-4H3. The van der Waals surface area contributed by atoms with Crippen LogP contribution in [0.5, 0.6) is 0 Å². The molecular formula is C11H23NO2S.